The Balaban J connectivity index is 2.09. The molecule has 0 aromatic heterocycles. The van der Waals surface area contributed by atoms with Crippen LogP contribution < -0.4 is 14.4 Å². The molecule has 0 radical (unpaired) electrons. The molecule has 0 aliphatic heterocycles. The number of hydrogen-bond donors (Lipinski definition) is 1. The van der Waals surface area contributed by atoms with Gasteiger partial charge in [-0.1, -0.05) is 49.7 Å². The van der Waals surface area contributed by atoms with Crippen molar-refractivity contribution in [2.24, 2.45) is 0 Å². The van der Waals surface area contributed by atoms with Crippen molar-refractivity contribution in [2.45, 2.75) is 77.9 Å². The lowest BCUT2D eigenvalue weighted by molar-refractivity contribution is -0.140. The number of sulfonamides is 1. The van der Waals surface area contributed by atoms with Crippen LogP contribution in [0.15, 0.2) is 71.6 Å². The number of nitrogens with zero attached hydrogens (tertiary/aromatic N) is 2. The van der Waals surface area contributed by atoms with Crippen molar-refractivity contribution in [3.63, 3.8) is 0 Å². The van der Waals surface area contributed by atoms with Crippen molar-refractivity contribution < 1.29 is 22.7 Å². The number of carbonyl (C=O) groups excluding carboxylic acids is 2. The highest BCUT2D eigenvalue weighted by molar-refractivity contribution is 7.92. The van der Waals surface area contributed by atoms with Gasteiger partial charge in [0, 0.05) is 12.6 Å². The van der Waals surface area contributed by atoms with Gasteiger partial charge in [0.25, 0.3) is 10.0 Å². The summed E-state index contributed by atoms with van der Waals surface area (Å²) >= 11 is 0. The third-order valence-electron chi connectivity index (χ3n) is 7.54. The van der Waals surface area contributed by atoms with Crippen LogP contribution >= 0.6 is 0 Å². The predicted octanol–water partition coefficient (Wildman–Crippen LogP) is 5.54. The highest BCUT2D eigenvalue weighted by Gasteiger charge is 2.34. The van der Waals surface area contributed by atoms with Crippen molar-refractivity contribution in [1.29, 1.82) is 0 Å². The summed E-state index contributed by atoms with van der Waals surface area (Å²) in [5.74, 6) is -0.143. The van der Waals surface area contributed by atoms with Crippen LogP contribution in [0.5, 0.6) is 5.75 Å². The molecule has 1 N–H and O–H groups in total. The fourth-order valence-electron chi connectivity index (χ4n) is 4.58. The first-order valence-electron chi connectivity index (χ1n) is 14.3. The SMILES string of the molecule is CCC(C)NC(=O)C(CC)N(Cc1cccc(OC)c1)C(=O)CN(c1ccc(C)c(C)c1)S(=O)(=O)c1ccc(C)cc1. The minimum absolute atomic E-state index is 0.0748. The lowest BCUT2D eigenvalue weighted by Gasteiger charge is -2.34. The highest BCUT2D eigenvalue weighted by atomic mass is 32.2. The Bertz CT molecular complexity index is 1490. The van der Waals surface area contributed by atoms with Gasteiger partial charge in [-0.25, -0.2) is 8.42 Å². The van der Waals surface area contributed by atoms with Crippen LogP contribution in [-0.4, -0.2) is 50.9 Å². The number of carbonyl (C=O) groups is 2. The summed E-state index contributed by atoms with van der Waals surface area (Å²) in [7, 11) is -2.56. The zero-order valence-corrected chi connectivity index (χ0v) is 26.5. The number of nitrogens with one attached hydrogen (secondary N) is 1. The van der Waals surface area contributed by atoms with Gasteiger partial charge in [-0.15, -0.1) is 0 Å². The van der Waals surface area contributed by atoms with Gasteiger partial charge in [-0.2, -0.15) is 0 Å². The standard InChI is InChI=1S/C33H43N3O5S/c1-8-26(6)34-33(38)31(9-2)35(21-27-11-10-12-29(20-27)41-7)32(37)22-36(28-16-15-24(4)25(5)19-28)42(39,40)30-17-13-23(3)14-18-30/h10-20,26,31H,8-9,21-22H2,1-7H3,(H,34,38). The summed E-state index contributed by atoms with van der Waals surface area (Å²) in [6.45, 7) is 11.1. The van der Waals surface area contributed by atoms with Crippen LogP contribution in [0.2, 0.25) is 0 Å². The Kier molecular flexibility index (Phi) is 11.2. The van der Waals surface area contributed by atoms with Crippen molar-refractivity contribution in [3.05, 3.63) is 89.0 Å². The molecule has 3 aromatic rings. The first-order chi connectivity index (χ1) is 19.9. The lowest BCUT2D eigenvalue weighted by Crippen LogP contribution is -2.53. The Morgan fingerprint density at radius 2 is 1.60 bits per heavy atom. The number of hydrogen-bond acceptors (Lipinski definition) is 5. The Labute approximate surface area is 250 Å². The third-order valence-corrected chi connectivity index (χ3v) is 9.33. The van der Waals surface area contributed by atoms with Gasteiger partial charge in [0.05, 0.1) is 17.7 Å². The molecule has 8 nitrogen and oxygen atoms in total. The second-order valence-electron chi connectivity index (χ2n) is 10.7. The van der Waals surface area contributed by atoms with Crippen LogP contribution in [0, 0.1) is 20.8 Å². The molecule has 3 rings (SSSR count). The molecular formula is C33H43N3O5S. The first kappa shape index (κ1) is 32.7. The van der Waals surface area contributed by atoms with Crippen LogP contribution in [0.25, 0.3) is 0 Å². The van der Waals surface area contributed by atoms with Crippen LogP contribution in [-0.2, 0) is 26.2 Å². The Morgan fingerprint density at radius 1 is 0.905 bits per heavy atom. The highest BCUT2D eigenvalue weighted by Crippen LogP contribution is 2.27. The zero-order chi connectivity index (χ0) is 31.0. The largest absolute Gasteiger partial charge is 0.497 e. The maximum Gasteiger partial charge on any atom is 0.264 e. The minimum atomic E-state index is -4.12. The number of rotatable bonds is 13. The van der Waals surface area contributed by atoms with Crippen molar-refractivity contribution >= 4 is 27.5 Å². The average Bonchev–Trinajstić information content (AvgIpc) is 2.97. The van der Waals surface area contributed by atoms with E-state index < -0.39 is 28.5 Å². The molecule has 0 bridgehead atoms. The summed E-state index contributed by atoms with van der Waals surface area (Å²) in [4.78, 5) is 29.2. The second-order valence-corrected chi connectivity index (χ2v) is 12.6. The summed E-state index contributed by atoms with van der Waals surface area (Å²) < 4.78 is 34.6. The van der Waals surface area contributed by atoms with E-state index in [1.54, 1.807) is 49.6 Å². The summed E-state index contributed by atoms with van der Waals surface area (Å²) in [6, 6.07) is 18.3. The number of ether oxygens (including phenoxy) is 1. The van der Waals surface area contributed by atoms with E-state index in [0.717, 1.165) is 33.0 Å². The van der Waals surface area contributed by atoms with E-state index >= 15 is 0 Å². The Hall–Kier alpha value is -3.85. The number of anilines is 1. The number of methoxy groups -OCH3 is 1. The normalized spacial score (nSPS) is 12.7. The molecule has 0 heterocycles. The number of benzene rings is 3. The topological polar surface area (TPSA) is 96.0 Å². The molecule has 2 unspecified atom stereocenters. The van der Waals surface area contributed by atoms with Crippen molar-refractivity contribution in [3.8, 4) is 5.75 Å². The van der Waals surface area contributed by atoms with E-state index in [4.69, 9.17) is 4.74 Å². The quantitative estimate of drug-likeness (QED) is 0.281. The lowest BCUT2D eigenvalue weighted by atomic mass is 10.1. The molecular weight excluding hydrogens is 550 g/mol. The van der Waals surface area contributed by atoms with Gasteiger partial charge >= 0.3 is 0 Å². The molecule has 0 saturated heterocycles. The van der Waals surface area contributed by atoms with Gasteiger partial charge in [-0.3, -0.25) is 13.9 Å². The molecule has 2 atom stereocenters. The monoisotopic (exact) mass is 593 g/mol. The van der Waals surface area contributed by atoms with Gasteiger partial charge in [0.2, 0.25) is 11.8 Å². The molecule has 0 aliphatic rings. The average molecular weight is 594 g/mol. The van der Waals surface area contributed by atoms with Crippen molar-refractivity contribution in [1.82, 2.24) is 10.2 Å². The first-order valence-corrected chi connectivity index (χ1v) is 15.7. The van der Waals surface area contributed by atoms with Crippen LogP contribution in [0.1, 0.15) is 55.9 Å². The number of aryl methyl sites for hydroxylation is 3. The molecule has 2 amide bonds. The molecule has 9 heteroatoms. The molecule has 0 fully saturated rings. The molecule has 3 aromatic carbocycles. The molecule has 0 saturated carbocycles. The molecule has 42 heavy (non-hydrogen) atoms. The predicted molar refractivity (Wildman–Crippen MR) is 167 cm³/mol. The maximum atomic E-state index is 14.2. The summed E-state index contributed by atoms with van der Waals surface area (Å²) in [5, 5.41) is 2.99. The van der Waals surface area contributed by atoms with Crippen molar-refractivity contribution in [2.75, 3.05) is 18.0 Å². The summed E-state index contributed by atoms with van der Waals surface area (Å²) in [5.41, 5.74) is 3.97. The smallest absolute Gasteiger partial charge is 0.264 e. The maximum absolute atomic E-state index is 14.2. The summed E-state index contributed by atoms with van der Waals surface area (Å²) in [6.07, 6.45) is 1.09. The zero-order valence-electron chi connectivity index (χ0n) is 25.7. The van der Waals surface area contributed by atoms with E-state index in [2.05, 4.69) is 5.32 Å². The van der Waals surface area contributed by atoms with E-state index in [1.165, 1.54) is 4.90 Å². The van der Waals surface area contributed by atoms with Gasteiger partial charge in [0.1, 0.15) is 18.3 Å². The molecule has 0 spiro atoms. The Morgan fingerprint density at radius 3 is 2.19 bits per heavy atom. The third kappa shape index (κ3) is 7.91. The van der Waals surface area contributed by atoms with Crippen LogP contribution in [0.3, 0.4) is 0 Å². The molecule has 0 aliphatic carbocycles. The number of amides is 2. The van der Waals surface area contributed by atoms with E-state index in [-0.39, 0.29) is 23.4 Å². The van der Waals surface area contributed by atoms with Gasteiger partial charge in [-0.05, 0) is 93.6 Å². The fraction of sp³-hybridized carbons (Fsp3) is 0.394. The minimum Gasteiger partial charge on any atom is -0.497 e. The second kappa shape index (κ2) is 14.4. The van der Waals surface area contributed by atoms with E-state index in [0.29, 0.717) is 17.9 Å². The molecule has 226 valence electrons. The van der Waals surface area contributed by atoms with E-state index in [1.807, 2.05) is 65.8 Å². The van der Waals surface area contributed by atoms with Gasteiger partial charge in [0.15, 0.2) is 0 Å². The van der Waals surface area contributed by atoms with Crippen LogP contribution in [0.4, 0.5) is 5.69 Å². The van der Waals surface area contributed by atoms with Gasteiger partial charge < -0.3 is 15.0 Å². The van der Waals surface area contributed by atoms with E-state index in [9.17, 15) is 18.0 Å². The fourth-order valence-corrected chi connectivity index (χ4v) is 5.98.